The maximum Gasteiger partial charge on any atom is -0.0143 e. The van der Waals surface area contributed by atoms with Gasteiger partial charge in [-0.3, -0.25) is 0 Å². The maximum atomic E-state index is 2.74. The van der Waals surface area contributed by atoms with Gasteiger partial charge >= 0.3 is 0 Å². The molecule has 178 valence electrons. The summed E-state index contributed by atoms with van der Waals surface area (Å²) in [6, 6.07) is 0. The normalized spacial score (nSPS) is 37.1. The van der Waals surface area contributed by atoms with Gasteiger partial charge in [0, 0.05) is 0 Å². The van der Waals surface area contributed by atoms with Crippen LogP contribution in [0.1, 0.15) is 130 Å². The van der Waals surface area contributed by atoms with E-state index in [0.717, 1.165) is 11.8 Å². The van der Waals surface area contributed by atoms with E-state index in [2.05, 4.69) is 111 Å². The molecule has 0 heterocycles. The van der Waals surface area contributed by atoms with Crippen LogP contribution in [0.5, 0.6) is 0 Å². The van der Waals surface area contributed by atoms with E-state index in [0.29, 0.717) is 22.7 Å². The number of hydrogen-bond donors (Lipinski definition) is 0. The van der Waals surface area contributed by atoms with Crippen molar-refractivity contribution in [3.8, 4) is 0 Å². The molecular weight excluding hydrogens is 360 g/mol. The van der Waals surface area contributed by atoms with E-state index in [4.69, 9.17) is 0 Å². The number of rotatable bonds is 8. The first kappa shape index (κ1) is 26.3. The summed E-state index contributed by atoms with van der Waals surface area (Å²) in [5.41, 5.74) is 1.86. The molecule has 0 N–H and O–H groups in total. The lowest BCUT2D eigenvalue weighted by Crippen LogP contribution is -2.84. The first-order valence-corrected chi connectivity index (χ1v) is 13.2. The van der Waals surface area contributed by atoms with Gasteiger partial charge in [-0.15, -0.1) is 0 Å². The Kier molecular flexibility index (Phi) is 6.12. The fourth-order valence-corrected chi connectivity index (χ4v) is 9.45. The predicted octanol–water partition coefficient (Wildman–Crippen LogP) is 9.87. The fourth-order valence-electron chi connectivity index (χ4n) is 9.45. The molecule has 2 fully saturated rings. The fraction of sp³-hybridized carbons (Fsp3) is 1.00. The van der Waals surface area contributed by atoms with Gasteiger partial charge in [-0.05, 0) is 74.4 Å². The van der Waals surface area contributed by atoms with Gasteiger partial charge in [0.1, 0.15) is 0 Å². The van der Waals surface area contributed by atoms with E-state index in [1.807, 2.05) is 0 Å². The second-order valence-electron chi connectivity index (χ2n) is 14.8. The summed E-state index contributed by atoms with van der Waals surface area (Å²) in [7, 11) is 0. The summed E-state index contributed by atoms with van der Waals surface area (Å²) >= 11 is 0. The Morgan fingerprint density at radius 2 is 1.20 bits per heavy atom. The Hall–Kier alpha value is 0. The molecule has 2 rings (SSSR count). The van der Waals surface area contributed by atoms with Gasteiger partial charge in [0.15, 0.2) is 0 Å². The molecule has 30 heavy (non-hydrogen) atoms. The minimum atomic E-state index is 0.227. The Bertz CT molecular complexity index is 643. The van der Waals surface area contributed by atoms with Crippen LogP contribution in [-0.4, -0.2) is 0 Å². The SMILES string of the molecule is CCC(C)(C)C(C)(C)C1(C)C(C)(C(C)C2CC2)C(C)(C)C1(C)C(C)(C)C(C)C(C)C. The van der Waals surface area contributed by atoms with Crippen molar-refractivity contribution in [2.24, 2.45) is 61.6 Å². The van der Waals surface area contributed by atoms with E-state index < -0.39 is 0 Å². The molecule has 0 spiro atoms. The molecule has 0 nitrogen and oxygen atoms in total. The van der Waals surface area contributed by atoms with Gasteiger partial charge in [0.2, 0.25) is 0 Å². The van der Waals surface area contributed by atoms with Crippen molar-refractivity contribution in [2.75, 3.05) is 0 Å². The molecule has 2 aliphatic carbocycles. The van der Waals surface area contributed by atoms with Crippen LogP contribution in [0, 0.1) is 61.6 Å². The second kappa shape index (κ2) is 7.00. The van der Waals surface area contributed by atoms with Crippen LogP contribution in [-0.2, 0) is 0 Å². The van der Waals surface area contributed by atoms with Crippen LogP contribution < -0.4 is 0 Å². The van der Waals surface area contributed by atoms with E-state index in [-0.39, 0.29) is 27.1 Å². The molecule has 0 bridgehead atoms. The Balaban J connectivity index is 2.88. The summed E-state index contributed by atoms with van der Waals surface area (Å²) < 4.78 is 0. The zero-order valence-corrected chi connectivity index (χ0v) is 23.9. The molecule has 0 aromatic rings. The van der Waals surface area contributed by atoms with Crippen molar-refractivity contribution < 1.29 is 0 Å². The van der Waals surface area contributed by atoms with Crippen LogP contribution in [0.4, 0.5) is 0 Å². The average molecular weight is 419 g/mol. The van der Waals surface area contributed by atoms with Crippen LogP contribution in [0.15, 0.2) is 0 Å². The zero-order chi connectivity index (χ0) is 23.9. The highest BCUT2D eigenvalue weighted by molar-refractivity contribution is 5.33. The van der Waals surface area contributed by atoms with Gasteiger partial charge < -0.3 is 0 Å². The molecule has 0 aliphatic heterocycles. The first-order valence-electron chi connectivity index (χ1n) is 13.2. The molecule has 5 unspecified atom stereocenters. The van der Waals surface area contributed by atoms with Crippen LogP contribution >= 0.6 is 0 Å². The van der Waals surface area contributed by atoms with Crippen molar-refractivity contribution in [3.63, 3.8) is 0 Å². The third kappa shape index (κ3) is 2.58. The lowest BCUT2D eigenvalue weighted by molar-refractivity contribution is -0.421. The molecule has 2 aliphatic rings. The van der Waals surface area contributed by atoms with Crippen LogP contribution in [0.3, 0.4) is 0 Å². The molecule has 0 amide bonds. The van der Waals surface area contributed by atoms with Crippen molar-refractivity contribution in [3.05, 3.63) is 0 Å². The third-order valence-electron chi connectivity index (χ3n) is 14.1. The summed E-state index contributed by atoms with van der Waals surface area (Å²) in [4.78, 5) is 0. The average Bonchev–Trinajstić information content (AvgIpc) is 3.48. The molecule has 2 saturated carbocycles. The predicted molar refractivity (Wildman–Crippen MR) is 136 cm³/mol. The third-order valence-corrected chi connectivity index (χ3v) is 14.1. The van der Waals surface area contributed by atoms with Crippen LogP contribution in [0.2, 0.25) is 0 Å². The lowest BCUT2D eigenvalue weighted by atomic mass is 9.15. The monoisotopic (exact) mass is 418 g/mol. The molecule has 0 heteroatoms. The molecule has 0 aromatic heterocycles. The minimum absolute atomic E-state index is 0.227. The zero-order valence-electron chi connectivity index (χ0n) is 23.9. The van der Waals surface area contributed by atoms with Crippen molar-refractivity contribution in [2.45, 2.75) is 130 Å². The summed E-state index contributed by atoms with van der Waals surface area (Å²) in [6.45, 7) is 41.5. The molecule has 0 radical (unpaired) electrons. The molecule has 5 atom stereocenters. The Morgan fingerprint density at radius 3 is 1.53 bits per heavy atom. The number of hydrogen-bond acceptors (Lipinski definition) is 0. The highest BCUT2D eigenvalue weighted by Crippen LogP contribution is 2.91. The topological polar surface area (TPSA) is 0 Å². The van der Waals surface area contributed by atoms with Crippen molar-refractivity contribution in [1.82, 2.24) is 0 Å². The van der Waals surface area contributed by atoms with Crippen LogP contribution in [0.25, 0.3) is 0 Å². The lowest BCUT2D eigenvalue weighted by Gasteiger charge is -2.89. The highest BCUT2D eigenvalue weighted by Gasteiger charge is 2.86. The maximum absolute atomic E-state index is 2.74. The van der Waals surface area contributed by atoms with E-state index >= 15 is 0 Å². The summed E-state index contributed by atoms with van der Waals surface area (Å²) in [5, 5.41) is 0. The minimum Gasteiger partial charge on any atom is -0.0649 e. The van der Waals surface area contributed by atoms with E-state index in [1.165, 1.54) is 19.3 Å². The van der Waals surface area contributed by atoms with Gasteiger partial charge in [-0.25, -0.2) is 0 Å². The largest absolute Gasteiger partial charge is 0.0649 e. The Labute approximate surface area is 191 Å². The summed E-state index contributed by atoms with van der Waals surface area (Å²) in [5.74, 6) is 3.10. The summed E-state index contributed by atoms with van der Waals surface area (Å²) in [6.07, 6.45) is 4.13. The van der Waals surface area contributed by atoms with Gasteiger partial charge in [0.25, 0.3) is 0 Å². The standard InChI is InChI=1S/C30H58/c1-17-24(6,7)26(10,11)30(16)28(14,22(5)23-18-19-23)27(12,13)29(30,15)25(8,9)21(4)20(2)3/h20-23H,17-19H2,1-16H3. The van der Waals surface area contributed by atoms with E-state index in [1.54, 1.807) is 0 Å². The molecular formula is C30H58. The molecule has 0 aromatic carbocycles. The van der Waals surface area contributed by atoms with Gasteiger partial charge in [0.05, 0.1) is 0 Å². The first-order chi connectivity index (χ1) is 13.2. The van der Waals surface area contributed by atoms with Crippen molar-refractivity contribution >= 4 is 0 Å². The Morgan fingerprint density at radius 1 is 0.767 bits per heavy atom. The van der Waals surface area contributed by atoms with Gasteiger partial charge in [-0.2, -0.15) is 0 Å². The van der Waals surface area contributed by atoms with Gasteiger partial charge in [-0.1, -0.05) is 117 Å². The van der Waals surface area contributed by atoms with E-state index in [9.17, 15) is 0 Å². The van der Waals surface area contributed by atoms with Crippen molar-refractivity contribution in [1.29, 1.82) is 0 Å². The smallest absolute Gasteiger partial charge is 0.0143 e. The highest BCUT2D eigenvalue weighted by atomic mass is 14.9. The second-order valence-corrected chi connectivity index (χ2v) is 14.8. The molecule has 0 saturated heterocycles. The quantitative estimate of drug-likeness (QED) is 0.368.